The maximum Gasteiger partial charge on any atom is 0.278 e. The lowest BCUT2D eigenvalue weighted by atomic mass is 10.0. The normalized spacial score (nSPS) is 11.1. The summed E-state index contributed by atoms with van der Waals surface area (Å²) in [7, 11) is 0. The SMILES string of the molecule is CCCCCCCCCCCCCCCCCCNC(=S)N/N=C/c1ccccc1[N+](=O)[O-]. The highest BCUT2D eigenvalue weighted by Crippen LogP contribution is 2.15. The van der Waals surface area contributed by atoms with E-state index in [4.69, 9.17) is 12.2 Å². The van der Waals surface area contributed by atoms with Crippen molar-refractivity contribution in [1.82, 2.24) is 10.7 Å². The minimum atomic E-state index is -0.421. The molecule has 2 N–H and O–H groups in total. The number of nitrogens with zero attached hydrogens (tertiary/aromatic N) is 2. The van der Waals surface area contributed by atoms with Gasteiger partial charge in [0.2, 0.25) is 0 Å². The van der Waals surface area contributed by atoms with Gasteiger partial charge >= 0.3 is 0 Å². The van der Waals surface area contributed by atoms with Crippen LogP contribution in [0.15, 0.2) is 29.4 Å². The predicted octanol–water partition coefficient (Wildman–Crippen LogP) is 7.65. The van der Waals surface area contributed by atoms with Gasteiger partial charge in [0, 0.05) is 12.6 Å². The molecule has 0 unspecified atom stereocenters. The maximum atomic E-state index is 11.0. The number of hydrogen-bond acceptors (Lipinski definition) is 4. The molecule has 0 aliphatic rings. The molecule has 1 aromatic rings. The molecule has 0 amide bonds. The maximum absolute atomic E-state index is 11.0. The van der Waals surface area contributed by atoms with Gasteiger partial charge in [0.05, 0.1) is 16.7 Å². The number of benzene rings is 1. The average molecular weight is 477 g/mol. The molecular formula is C26H44N4O2S. The monoisotopic (exact) mass is 476 g/mol. The molecule has 0 heterocycles. The molecule has 33 heavy (non-hydrogen) atoms. The molecule has 0 aliphatic carbocycles. The molecule has 0 aliphatic heterocycles. The van der Waals surface area contributed by atoms with E-state index >= 15 is 0 Å². The Morgan fingerprint density at radius 3 is 1.88 bits per heavy atom. The number of rotatable bonds is 20. The molecule has 0 spiro atoms. The van der Waals surface area contributed by atoms with Crippen LogP contribution in [0.3, 0.4) is 0 Å². The molecule has 0 radical (unpaired) electrons. The summed E-state index contributed by atoms with van der Waals surface area (Å²) in [6, 6.07) is 6.47. The fourth-order valence-electron chi connectivity index (χ4n) is 3.84. The lowest BCUT2D eigenvalue weighted by Crippen LogP contribution is -2.32. The molecule has 1 aromatic carbocycles. The van der Waals surface area contributed by atoms with E-state index in [9.17, 15) is 10.1 Å². The first-order valence-corrected chi connectivity index (χ1v) is 13.4. The highest BCUT2D eigenvalue weighted by Gasteiger charge is 2.09. The lowest BCUT2D eigenvalue weighted by Gasteiger charge is -2.07. The van der Waals surface area contributed by atoms with Crippen molar-refractivity contribution in [2.24, 2.45) is 5.10 Å². The van der Waals surface area contributed by atoms with E-state index in [2.05, 4.69) is 22.8 Å². The Hall–Kier alpha value is -2.02. The van der Waals surface area contributed by atoms with E-state index in [1.807, 2.05) is 0 Å². The molecule has 0 aromatic heterocycles. The molecule has 0 atom stereocenters. The highest BCUT2D eigenvalue weighted by atomic mass is 32.1. The smallest absolute Gasteiger partial charge is 0.278 e. The van der Waals surface area contributed by atoms with Crippen LogP contribution in [0.5, 0.6) is 0 Å². The minimum Gasteiger partial charge on any atom is -0.361 e. The number of nitro groups is 1. The molecule has 0 saturated heterocycles. The number of thiocarbonyl (C=S) groups is 1. The summed E-state index contributed by atoms with van der Waals surface area (Å²) in [5.41, 5.74) is 3.18. The molecule has 0 saturated carbocycles. The lowest BCUT2D eigenvalue weighted by molar-refractivity contribution is -0.385. The van der Waals surface area contributed by atoms with Crippen LogP contribution in [0.2, 0.25) is 0 Å². The first-order valence-electron chi connectivity index (χ1n) is 13.0. The van der Waals surface area contributed by atoms with Gasteiger partial charge in [-0.2, -0.15) is 5.10 Å². The number of hydrogen-bond donors (Lipinski definition) is 2. The third-order valence-corrected chi connectivity index (χ3v) is 6.05. The van der Waals surface area contributed by atoms with E-state index in [1.54, 1.807) is 18.2 Å². The summed E-state index contributed by atoms with van der Waals surface area (Å²) in [6.45, 7) is 3.09. The Morgan fingerprint density at radius 1 is 0.879 bits per heavy atom. The van der Waals surface area contributed by atoms with E-state index in [1.165, 1.54) is 109 Å². The van der Waals surface area contributed by atoms with Crippen LogP contribution in [0, 0.1) is 10.1 Å². The second-order valence-electron chi connectivity index (χ2n) is 8.75. The van der Waals surface area contributed by atoms with Gasteiger partial charge in [-0.15, -0.1) is 0 Å². The zero-order valence-corrected chi connectivity index (χ0v) is 21.3. The quantitative estimate of drug-likeness (QED) is 0.0664. The molecule has 0 bridgehead atoms. The zero-order chi connectivity index (χ0) is 24.0. The van der Waals surface area contributed by atoms with Gasteiger partial charge in [0.1, 0.15) is 0 Å². The van der Waals surface area contributed by atoms with Crippen LogP contribution in [0.25, 0.3) is 0 Å². The number of nitro benzene ring substituents is 1. The van der Waals surface area contributed by atoms with Crippen molar-refractivity contribution in [3.05, 3.63) is 39.9 Å². The van der Waals surface area contributed by atoms with E-state index in [0.717, 1.165) is 13.0 Å². The van der Waals surface area contributed by atoms with E-state index in [0.29, 0.717) is 10.7 Å². The molecule has 0 fully saturated rings. The molecule has 7 heteroatoms. The zero-order valence-electron chi connectivity index (χ0n) is 20.5. The third kappa shape index (κ3) is 16.3. The van der Waals surface area contributed by atoms with Gasteiger partial charge < -0.3 is 5.32 Å². The summed E-state index contributed by atoms with van der Waals surface area (Å²) in [4.78, 5) is 10.6. The summed E-state index contributed by atoms with van der Waals surface area (Å²) in [5.74, 6) is 0. The topological polar surface area (TPSA) is 79.6 Å². The average Bonchev–Trinajstić information content (AvgIpc) is 2.81. The number of nitrogens with one attached hydrogen (secondary N) is 2. The largest absolute Gasteiger partial charge is 0.361 e. The van der Waals surface area contributed by atoms with Crippen LogP contribution >= 0.6 is 12.2 Å². The Labute approximate surface area is 206 Å². The Bertz CT molecular complexity index is 682. The predicted molar refractivity (Wildman–Crippen MR) is 144 cm³/mol. The van der Waals surface area contributed by atoms with Gasteiger partial charge in [0.15, 0.2) is 5.11 Å². The van der Waals surface area contributed by atoms with Crippen LogP contribution in [0.4, 0.5) is 5.69 Å². The van der Waals surface area contributed by atoms with Gasteiger partial charge in [-0.05, 0) is 24.7 Å². The van der Waals surface area contributed by atoms with Crippen molar-refractivity contribution < 1.29 is 4.92 Å². The summed E-state index contributed by atoms with van der Waals surface area (Å²) < 4.78 is 0. The van der Waals surface area contributed by atoms with Crippen molar-refractivity contribution in [1.29, 1.82) is 0 Å². The van der Waals surface area contributed by atoms with Gasteiger partial charge in [-0.25, -0.2) is 0 Å². The van der Waals surface area contributed by atoms with E-state index < -0.39 is 4.92 Å². The van der Waals surface area contributed by atoms with Crippen molar-refractivity contribution >= 4 is 29.2 Å². The molecule has 1 rings (SSSR count). The highest BCUT2D eigenvalue weighted by molar-refractivity contribution is 7.80. The minimum absolute atomic E-state index is 0.0232. The van der Waals surface area contributed by atoms with Crippen LogP contribution in [0.1, 0.15) is 115 Å². The van der Waals surface area contributed by atoms with Crippen LogP contribution < -0.4 is 10.7 Å². The van der Waals surface area contributed by atoms with Crippen molar-refractivity contribution in [3.63, 3.8) is 0 Å². The Balaban J connectivity index is 1.89. The molecule has 186 valence electrons. The van der Waals surface area contributed by atoms with Gasteiger partial charge in [-0.3, -0.25) is 15.5 Å². The Morgan fingerprint density at radius 2 is 1.36 bits per heavy atom. The van der Waals surface area contributed by atoms with Crippen molar-refractivity contribution in [2.75, 3.05) is 6.54 Å². The first-order chi connectivity index (χ1) is 16.1. The van der Waals surface area contributed by atoms with Crippen molar-refractivity contribution in [2.45, 2.75) is 110 Å². The number of unbranched alkanes of at least 4 members (excludes halogenated alkanes) is 15. The number of hydrazone groups is 1. The summed E-state index contributed by atoms with van der Waals surface area (Å²) in [6.07, 6.45) is 23.1. The summed E-state index contributed by atoms with van der Waals surface area (Å²) in [5, 5.41) is 18.5. The second kappa shape index (κ2) is 20.6. The fraction of sp³-hybridized carbons (Fsp3) is 0.692. The molecule has 6 nitrogen and oxygen atoms in total. The Kier molecular flexibility index (Phi) is 18.1. The first kappa shape index (κ1) is 29.0. The van der Waals surface area contributed by atoms with Crippen LogP contribution in [-0.4, -0.2) is 22.8 Å². The van der Waals surface area contributed by atoms with Crippen LogP contribution in [-0.2, 0) is 0 Å². The van der Waals surface area contributed by atoms with Gasteiger partial charge in [-0.1, -0.05) is 115 Å². The van der Waals surface area contributed by atoms with E-state index in [-0.39, 0.29) is 5.69 Å². The fourth-order valence-corrected chi connectivity index (χ4v) is 3.99. The van der Waals surface area contributed by atoms with Gasteiger partial charge in [0.25, 0.3) is 5.69 Å². The summed E-state index contributed by atoms with van der Waals surface area (Å²) >= 11 is 5.19. The number of para-hydroxylation sites is 1. The van der Waals surface area contributed by atoms with Crippen molar-refractivity contribution in [3.8, 4) is 0 Å². The second-order valence-corrected chi connectivity index (χ2v) is 9.15. The third-order valence-electron chi connectivity index (χ3n) is 5.82. The molecular weight excluding hydrogens is 432 g/mol. The standard InChI is InChI=1S/C26H44N4O2S/c1-2-3-4-5-6-7-8-9-10-11-12-13-14-15-16-19-22-27-26(33)29-28-23-24-20-17-18-21-25(24)30(31)32/h17-18,20-21,23H,2-16,19,22H2,1H3,(H2,27,29,33)/b28-23+.